The second-order valence-corrected chi connectivity index (χ2v) is 10.9. The Morgan fingerprint density at radius 1 is 0.778 bits per heavy atom. The number of carbonyl (C=O) groups excluding carboxylic acids is 2. The summed E-state index contributed by atoms with van der Waals surface area (Å²) in [7, 11) is 6.07. The zero-order valence-corrected chi connectivity index (χ0v) is 26.7. The first-order chi connectivity index (χ1) is 21.7. The van der Waals surface area contributed by atoms with Crippen molar-refractivity contribution in [1.82, 2.24) is 0 Å². The maximum Gasteiger partial charge on any atom is 0.338 e. The van der Waals surface area contributed by atoms with E-state index in [9.17, 15) is 9.59 Å². The standard InChI is InChI=1S/C35H38O10/c1-9-18(2)34(36)44-28-19(3)20(4)29(45-35(37)21-13-11-10-12-14-21)23-16-25-31(43-17-42-25)33(41-8)27(23)26-22(28)15-24(38-5)30(39-6)32(26)40-7/h9-16,19-20,28-29H,17H2,1-8H3/b18-9-/t19-,20-,28-,29-/m1/s1. The van der Waals surface area contributed by atoms with Crippen molar-refractivity contribution in [1.29, 1.82) is 0 Å². The van der Waals surface area contributed by atoms with Gasteiger partial charge in [-0.25, -0.2) is 9.59 Å². The number of esters is 2. The van der Waals surface area contributed by atoms with Crippen molar-refractivity contribution in [2.24, 2.45) is 11.8 Å². The van der Waals surface area contributed by atoms with Crippen LogP contribution in [0, 0.1) is 11.8 Å². The Labute approximate surface area is 262 Å². The van der Waals surface area contributed by atoms with Gasteiger partial charge >= 0.3 is 11.9 Å². The minimum atomic E-state index is -0.846. The number of hydrogen-bond donors (Lipinski definition) is 0. The number of benzene rings is 3. The average Bonchev–Trinajstić information content (AvgIpc) is 3.55. The van der Waals surface area contributed by atoms with E-state index in [-0.39, 0.29) is 6.79 Å². The molecule has 0 amide bonds. The highest BCUT2D eigenvalue weighted by Gasteiger charge is 2.44. The van der Waals surface area contributed by atoms with Crippen molar-refractivity contribution in [2.45, 2.75) is 39.9 Å². The number of fused-ring (bicyclic) bond motifs is 4. The number of rotatable bonds is 8. The molecule has 0 fully saturated rings. The minimum Gasteiger partial charge on any atom is -0.493 e. The van der Waals surface area contributed by atoms with Crippen LogP contribution in [0.1, 0.15) is 61.4 Å². The van der Waals surface area contributed by atoms with Crippen LogP contribution in [-0.4, -0.2) is 47.2 Å². The van der Waals surface area contributed by atoms with Crippen molar-refractivity contribution in [3.63, 3.8) is 0 Å². The molecule has 0 saturated heterocycles. The van der Waals surface area contributed by atoms with Gasteiger partial charge in [0.2, 0.25) is 18.3 Å². The van der Waals surface area contributed by atoms with Crippen molar-refractivity contribution in [3.05, 3.63) is 70.8 Å². The maximum absolute atomic E-state index is 13.6. The fraction of sp³-hybridized carbons (Fsp3) is 0.371. The summed E-state index contributed by atoms with van der Waals surface area (Å²) in [4.78, 5) is 27.0. The smallest absolute Gasteiger partial charge is 0.338 e. The lowest BCUT2D eigenvalue weighted by molar-refractivity contribution is -0.149. The zero-order chi connectivity index (χ0) is 32.4. The van der Waals surface area contributed by atoms with Crippen LogP contribution in [-0.2, 0) is 14.3 Å². The highest BCUT2D eigenvalue weighted by Crippen LogP contribution is 2.60. The normalized spacial score (nSPS) is 20.1. The predicted octanol–water partition coefficient (Wildman–Crippen LogP) is 6.85. The SMILES string of the molecule is C/C=C(/C)C(=O)O[C@H]1c2cc(OC)c(OC)c(OC)c2-c2c(cc3c(c2OC)OCO3)[C@H](OC(=O)c2ccccc2)[C@H](C)[C@H]1C. The molecule has 4 atom stereocenters. The fourth-order valence-electron chi connectivity index (χ4n) is 5.91. The van der Waals surface area contributed by atoms with Crippen LogP contribution in [0.2, 0.25) is 0 Å². The van der Waals surface area contributed by atoms with Crippen LogP contribution in [0.5, 0.6) is 34.5 Å². The van der Waals surface area contributed by atoms with E-state index < -0.39 is 36.0 Å². The Bertz CT molecular complexity index is 1630. The molecule has 0 radical (unpaired) electrons. The summed E-state index contributed by atoms with van der Waals surface area (Å²) in [6, 6.07) is 12.4. The third-order valence-corrected chi connectivity index (χ3v) is 8.59. The molecule has 3 aromatic carbocycles. The molecule has 1 aliphatic heterocycles. The Hall–Kier alpha value is -4.86. The van der Waals surface area contributed by atoms with Gasteiger partial charge in [0.05, 0.1) is 34.0 Å². The van der Waals surface area contributed by atoms with Gasteiger partial charge in [-0.15, -0.1) is 0 Å². The molecule has 0 saturated carbocycles. The van der Waals surface area contributed by atoms with Gasteiger partial charge in [-0.05, 0) is 38.1 Å². The average molecular weight is 619 g/mol. The molecule has 10 nitrogen and oxygen atoms in total. The highest BCUT2D eigenvalue weighted by atomic mass is 16.7. The molecule has 2 aliphatic rings. The zero-order valence-electron chi connectivity index (χ0n) is 26.7. The Morgan fingerprint density at radius 3 is 1.98 bits per heavy atom. The molecule has 238 valence electrons. The topological polar surface area (TPSA) is 108 Å². The summed E-state index contributed by atoms with van der Waals surface area (Å²) in [5.41, 5.74) is 3.05. The van der Waals surface area contributed by atoms with Gasteiger partial charge in [0, 0.05) is 39.7 Å². The van der Waals surface area contributed by atoms with Gasteiger partial charge in [0.15, 0.2) is 23.0 Å². The summed E-state index contributed by atoms with van der Waals surface area (Å²) < 4.78 is 47.9. The lowest BCUT2D eigenvalue weighted by Gasteiger charge is -2.39. The minimum absolute atomic E-state index is 0.0200. The number of carbonyl (C=O) groups is 2. The molecule has 1 aliphatic carbocycles. The van der Waals surface area contributed by atoms with E-state index in [0.717, 1.165) is 0 Å². The third-order valence-electron chi connectivity index (χ3n) is 8.59. The Balaban J connectivity index is 1.89. The van der Waals surface area contributed by atoms with Crippen molar-refractivity contribution in [3.8, 4) is 45.6 Å². The van der Waals surface area contributed by atoms with Gasteiger partial charge in [-0.1, -0.05) is 38.1 Å². The molecule has 0 unspecified atom stereocenters. The van der Waals surface area contributed by atoms with Crippen LogP contribution >= 0.6 is 0 Å². The largest absolute Gasteiger partial charge is 0.493 e. The molecule has 0 spiro atoms. The van der Waals surface area contributed by atoms with Gasteiger partial charge in [0.25, 0.3) is 0 Å². The second-order valence-electron chi connectivity index (χ2n) is 10.9. The Morgan fingerprint density at radius 2 is 1.38 bits per heavy atom. The first kappa shape index (κ1) is 31.6. The molecular weight excluding hydrogens is 580 g/mol. The molecule has 3 aromatic rings. The number of hydrogen-bond acceptors (Lipinski definition) is 10. The van der Waals surface area contributed by atoms with Gasteiger partial charge in [-0.2, -0.15) is 0 Å². The molecular formula is C35H38O10. The van der Waals surface area contributed by atoms with E-state index in [1.165, 1.54) is 28.4 Å². The maximum atomic E-state index is 13.6. The summed E-state index contributed by atoms with van der Waals surface area (Å²) in [6.45, 7) is 7.36. The number of ether oxygens (including phenoxy) is 8. The van der Waals surface area contributed by atoms with Crippen LogP contribution in [0.15, 0.2) is 54.1 Å². The van der Waals surface area contributed by atoms with Crippen LogP contribution in [0.3, 0.4) is 0 Å². The van der Waals surface area contributed by atoms with Gasteiger partial charge in [0.1, 0.15) is 12.2 Å². The lowest BCUT2D eigenvalue weighted by atomic mass is 9.74. The summed E-state index contributed by atoms with van der Waals surface area (Å²) in [5.74, 6) is 0.386. The van der Waals surface area contributed by atoms with Crippen LogP contribution < -0.4 is 28.4 Å². The quantitative estimate of drug-likeness (QED) is 0.196. The van der Waals surface area contributed by atoms with Crippen molar-refractivity contribution < 1.29 is 47.5 Å². The van der Waals surface area contributed by atoms with E-state index in [1.807, 2.05) is 26.0 Å². The molecule has 5 rings (SSSR count). The summed E-state index contributed by atoms with van der Waals surface area (Å²) in [6.07, 6.45) is 0.00664. The summed E-state index contributed by atoms with van der Waals surface area (Å²) >= 11 is 0. The van der Waals surface area contributed by atoms with Crippen LogP contribution in [0.25, 0.3) is 11.1 Å². The third kappa shape index (κ3) is 5.49. The van der Waals surface area contributed by atoms with E-state index in [1.54, 1.807) is 50.3 Å². The molecule has 10 heteroatoms. The van der Waals surface area contributed by atoms with E-state index in [0.29, 0.717) is 67.9 Å². The number of allylic oxidation sites excluding steroid dienone is 1. The predicted molar refractivity (Wildman–Crippen MR) is 165 cm³/mol. The Kier molecular flexibility index (Phi) is 9.13. The molecule has 0 bridgehead atoms. The van der Waals surface area contributed by atoms with Gasteiger partial charge < -0.3 is 37.9 Å². The lowest BCUT2D eigenvalue weighted by Crippen LogP contribution is -2.31. The molecule has 1 heterocycles. The second kappa shape index (κ2) is 13.0. The first-order valence-corrected chi connectivity index (χ1v) is 14.6. The van der Waals surface area contributed by atoms with E-state index in [4.69, 9.17) is 37.9 Å². The monoisotopic (exact) mass is 618 g/mol. The number of methoxy groups -OCH3 is 4. The highest BCUT2D eigenvalue weighted by molar-refractivity contribution is 5.92. The first-order valence-electron chi connectivity index (χ1n) is 14.6. The molecule has 45 heavy (non-hydrogen) atoms. The molecule has 0 N–H and O–H groups in total. The van der Waals surface area contributed by atoms with E-state index in [2.05, 4.69) is 0 Å². The van der Waals surface area contributed by atoms with Gasteiger partial charge in [-0.3, -0.25) is 0 Å². The van der Waals surface area contributed by atoms with E-state index >= 15 is 0 Å². The summed E-state index contributed by atoms with van der Waals surface area (Å²) in [5, 5.41) is 0. The van der Waals surface area contributed by atoms with Crippen LogP contribution in [0.4, 0.5) is 0 Å². The van der Waals surface area contributed by atoms with Crippen molar-refractivity contribution in [2.75, 3.05) is 35.2 Å². The molecule has 0 aromatic heterocycles. The van der Waals surface area contributed by atoms with Crippen molar-refractivity contribution >= 4 is 11.9 Å². The fourth-order valence-corrected chi connectivity index (χ4v) is 5.91.